The van der Waals surface area contributed by atoms with Crippen LogP contribution in [-0.2, 0) is 9.59 Å². The van der Waals surface area contributed by atoms with E-state index in [1.165, 1.54) is 23.8 Å². The third-order valence-electron chi connectivity index (χ3n) is 5.49. The summed E-state index contributed by atoms with van der Waals surface area (Å²) >= 11 is 1.64. The molecule has 2 N–H and O–H groups in total. The summed E-state index contributed by atoms with van der Waals surface area (Å²) < 4.78 is 14.4. The number of halogens is 1. The maximum atomic E-state index is 13.3. The maximum Gasteiger partial charge on any atom is 0.241 e. The van der Waals surface area contributed by atoms with E-state index in [0.717, 1.165) is 20.8 Å². The summed E-state index contributed by atoms with van der Waals surface area (Å²) in [6, 6.07) is 18.9. The molecule has 0 aliphatic carbocycles. The molecule has 174 valence electrons. The predicted octanol–water partition coefficient (Wildman–Crippen LogP) is 5.31. The monoisotopic (exact) mass is 476 g/mol. The summed E-state index contributed by atoms with van der Waals surface area (Å²) in [6.07, 6.45) is 0. The van der Waals surface area contributed by atoms with Gasteiger partial charge in [0, 0.05) is 16.9 Å². The number of benzene rings is 3. The van der Waals surface area contributed by atoms with Gasteiger partial charge in [0.15, 0.2) is 0 Å². The Labute approximate surface area is 201 Å². The van der Waals surface area contributed by atoms with E-state index < -0.39 is 11.9 Å². The summed E-state index contributed by atoms with van der Waals surface area (Å²) in [5, 5.41) is 6.45. The Morgan fingerprint density at radius 1 is 1.03 bits per heavy atom. The smallest absolute Gasteiger partial charge is 0.241 e. The number of hydrogen-bond acceptors (Lipinski definition) is 5. The second-order valence-electron chi connectivity index (χ2n) is 8.21. The molecule has 34 heavy (non-hydrogen) atoms. The van der Waals surface area contributed by atoms with Crippen molar-refractivity contribution in [3.8, 4) is 10.6 Å². The lowest BCUT2D eigenvalue weighted by molar-refractivity contribution is -0.122. The molecular formula is C26H25FN4O2S. The molecule has 0 saturated heterocycles. The van der Waals surface area contributed by atoms with Gasteiger partial charge in [-0.15, -0.1) is 11.3 Å². The molecule has 0 bridgehead atoms. The van der Waals surface area contributed by atoms with Gasteiger partial charge in [-0.25, -0.2) is 9.37 Å². The molecule has 4 aromatic rings. The fourth-order valence-electron chi connectivity index (χ4n) is 3.43. The Morgan fingerprint density at radius 3 is 2.53 bits per heavy atom. The molecule has 8 heteroatoms. The molecule has 0 fully saturated rings. The zero-order chi connectivity index (χ0) is 24.2. The van der Waals surface area contributed by atoms with E-state index in [0.29, 0.717) is 11.4 Å². The lowest BCUT2D eigenvalue weighted by Crippen LogP contribution is -2.43. The fraction of sp³-hybridized carbons (Fsp3) is 0.192. The standard InChI is InChI=1S/C26H25FN4O2S/c1-16-7-12-22-23(13-16)34-26(30-22)18-8-10-20(11-9-18)29-25(33)17(2)31(3)15-24(32)28-21-6-4-5-19(27)14-21/h4-14,17H,15H2,1-3H3,(H,28,32)(H,29,33). The minimum atomic E-state index is -0.551. The van der Waals surface area contributed by atoms with Crippen molar-refractivity contribution in [2.75, 3.05) is 24.2 Å². The van der Waals surface area contributed by atoms with Crippen molar-refractivity contribution in [1.29, 1.82) is 0 Å². The summed E-state index contributed by atoms with van der Waals surface area (Å²) in [6.45, 7) is 3.77. The Hall–Kier alpha value is -3.62. The summed E-state index contributed by atoms with van der Waals surface area (Å²) in [5.74, 6) is -0.990. The maximum absolute atomic E-state index is 13.3. The van der Waals surface area contributed by atoms with Crippen molar-refractivity contribution >= 4 is 44.7 Å². The number of rotatable bonds is 7. The Balaban J connectivity index is 1.34. The molecule has 0 spiro atoms. The van der Waals surface area contributed by atoms with Crippen molar-refractivity contribution in [3.05, 3.63) is 78.1 Å². The SMILES string of the molecule is Cc1ccc2nc(-c3ccc(NC(=O)C(C)N(C)CC(=O)Nc4cccc(F)c4)cc3)sc2c1. The number of aromatic nitrogens is 1. The Kier molecular flexibility index (Phi) is 7.00. The number of thiazole rings is 1. The van der Waals surface area contributed by atoms with Crippen LogP contribution in [0, 0.1) is 12.7 Å². The number of aryl methyl sites for hydroxylation is 1. The molecule has 0 aliphatic heterocycles. The lowest BCUT2D eigenvalue weighted by Gasteiger charge is -2.23. The van der Waals surface area contributed by atoms with Crippen LogP contribution in [0.3, 0.4) is 0 Å². The molecule has 1 aromatic heterocycles. The van der Waals surface area contributed by atoms with Crippen LogP contribution < -0.4 is 10.6 Å². The highest BCUT2D eigenvalue weighted by atomic mass is 32.1. The van der Waals surface area contributed by atoms with E-state index in [-0.39, 0.29) is 18.4 Å². The molecule has 1 atom stereocenters. The van der Waals surface area contributed by atoms with Crippen molar-refractivity contribution in [2.24, 2.45) is 0 Å². The third-order valence-corrected chi connectivity index (χ3v) is 6.55. The van der Waals surface area contributed by atoms with Gasteiger partial charge >= 0.3 is 0 Å². The zero-order valence-electron chi connectivity index (χ0n) is 19.1. The number of carbonyl (C=O) groups excluding carboxylic acids is 2. The van der Waals surface area contributed by atoms with Gasteiger partial charge in [0.1, 0.15) is 10.8 Å². The van der Waals surface area contributed by atoms with E-state index in [1.54, 1.807) is 36.3 Å². The summed E-state index contributed by atoms with van der Waals surface area (Å²) in [4.78, 5) is 31.3. The number of hydrogen-bond donors (Lipinski definition) is 2. The molecule has 0 radical (unpaired) electrons. The molecule has 6 nitrogen and oxygen atoms in total. The molecular weight excluding hydrogens is 451 g/mol. The largest absolute Gasteiger partial charge is 0.325 e. The molecule has 0 aliphatic rings. The summed E-state index contributed by atoms with van der Waals surface area (Å²) in [5.41, 5.74) is 4.19. The van der Waals surface area contributed by atoms with Gasteiger partial charge in [-0.1, -0.05) is 12.1 Å². The number of likely N-dealkylation sites (N-methyl/N-ethyl adjacent to an activating group) is 1. The van der Waals surface area contributed by atoms with Gasteiger partial charge in [0.05, 0.1) is 22.8 Å². The first-order chi connectivity index (χ1) is 16.3. The summed E-state index contributed by atoms with van der Waals surface area (Å²) in [7, 11) is 1.69. The van der Waals surface area contributed by atoms with Crippen LogP contribution in [0.4, 0.5) is 15.8 Å². The van der Waals surface area contributed by atoms with E-state index >= 15 is 0 Å². The minimum absolute atomic E-state index is 0.0128. The van der Waals surface area contributed by atoms with Crippen LogP contribution in [0.25, 0.3) is 20.8 Å². The van der Waals surface area contributed by atoms with E-state index in [4.69, 9.17) is 4.98 Å². The highest BCUT2D eigenvalue weighted by molar-refractivity contribution is 7.21. The lowest BCUT2D eigenvalue weighted by atomic mass is 10.2. The number of nitrogens with zero attached hydrogens (tertiary/aromatic N) is 2. The predicted molar refractivity (Wildman–Crippen MR) is 136 cm³/mol. The third kappa shape index (κ3) is 5.65. The Morgan fingerprint density at radius 2 is 1.79 bits per heavy atom. The number of anilines is 2. The molecule has 0 saturated carbocycles. The topological polar surface area (TPSA) is 74.3 Å². The van der Waals surface area contributed by atoms with Crippen LogP contribution in [0.15, 0.2) is 66.7 Å². The fourth-order valence-corrected chi connectivity index (χ4v) is 4.50. The van der Waals surface area contributed by atoms with Crippen LogP contribution in [0.2, 0.25) is 0 Å². The van der Waals surface area contributed by atoms with Crippen molar-refractivity contribution in [3.63, 3.8) is 0 Å². The van der Waals surface area contributed by atoms with Crippen LogP contribution in [0.1, 0.15) is 12.5 Å². The van der Waals surface area contributed by atoms with Crippen LogP contribution >= 0.6 is 11.3 Å². The van der Waals surface area contributed by atoms with E-state index in [1.807, 2.05) is 36.4 Å². The first-order valence-electron chi connectivity index (χ1n) is 10.8. The number of fused-ring (bicyclic) bond motifs is 1. The van der Waals surface area contributed by atoms with Gasteiger partial charge in [-0.05, 0) is 81.1 Å². The number of nitrogens with one attached hydrogen (secondary N) is 2. The quantitative estimate of drug-likeness (QED) is 0.379. The molecule has 2 amide bonds. The van der Waals surface area contributed by atoms with Crippen molar-refractivity contribution in [2.45, 2.75) is 19.9 Å². The molecule has 3 aromatic carbocycles. The average molecular weight is 477 g/mol. The van der Waals surface area contributed by atoms with Gasteiger partial charge < -0.3 is 10.6 Å². The normalized spacial score (nSPS) is 12.0. The average Bonchev–Trinajstić information content (AvgIpc) is 3.22. The highest BCUT2D eigenvalue weighted by Gasteiger charge is 2.20. The van der Waals surface area contributed by atoms with E-state index in [9.17, 15) is 14.0 Å². The minimum Gasteiger partial charge on any atom is -0.325 e. The van der Waals surface area contributed by atoms with Gasteiger partial charge in [-0.3, -0.25) is 14.5 Å². The molecule has 1 heterocycles. The number of carbonyl (C=O) groups is 2. The van der Waals surface area contributed by atoms with Gasteiger partial charge in [0.2, 0.25) is 11.8 Å². The van der Waals surface area contributed by atoms with Crippen LogP contribution in [-0.4, -0.2) is 41.3 Å². The zero-order valence-corrected chi connectivity index (χ0v) is 19.9. The first kappa shape index (κ1) is 23.5. The van der Waals surface area contributed by atoms with Gasteiger partial charge in [-0.2, -0.15) is 0 Å². The Bertz CT molecular complexity index is 1340. The van der Waals surface area contributed by atoms with Crippen molar-refractivity contribution < 1.29 is 14.0 Å². The van der Waals surface area contributed by atoms with Crippen molar-refractivity contribution in [1.82, 2.24) is 9.88 Å². The van der Waals surface area contributed by atoms with Crippen LogP contribution in [0.5, 0.6) is 0 Å². The van der Waals surface area contributed by atoms with Gasteiger partial charge in [0.25, 0.3) is 0 Å². The molecule has 1 unspecified atom stereocenters. The number of amides is 2. The second kappa shape index (κ2) is 10.1. The highest BCUT2D eigenvalue weighted by Crippen LogP contribution is 2.31. The second-order valence-corrected chi connectivity index (χ2v) is 9.24. The first-order valence-corrected chi connectivity index (χ1v) is 11.6. The van der Waals surface area contributed by atoms with E-state index in [2.05, 4.69) is 23.6 Å². The molecule has 4 rings (SSSR count).